The summed E-state index contributed by atoms with van der Waals surface area (Å²) in [6.07, 6.45) is -13.5. The van der Waals surface area contributed by atoms with Gasteiger partial charge in [-0.25, -0.2) is 14.3 Å². The number of aromatic nitrogens is 3. The molecule has 2 aromatic carbocycles. The molecule has 2 amide bonds. The van der Waals surface area contributed by atoms with Gasteiger partial charge in [0.05, 0.1) is 12.1 Å². The molecule has 0 aliphatic rings. The van der Waals surface area contributed by atoms with E-state index < -0.39 is 67.3 Å². The fourth-order valence-corrected chi connectivity index (χ4v) is 3.97. The second-order valence-corrected chi connectivity index (χ2v) is 9.63. The second-order valence-electron chi connectivity index (χ2n) is 9.19. The van der Waals surface area contributed by atoms with E-state index in [1.54, 1.807) is 6.92 Å². The Bertz CT molecular complexity index is 1470. The molecule has 0 bridgehead atoms. The highest BCUT2D eigenvalue weighted by atomic mass is 35.5. The van der Waals surface area contributed by atoms with Crippen molar-refractivity contribution in [3.63, 3.8) is 0 Å². The number of carbonyl (C=O) groups is 2. The van der Waals surface area contributed by atoms with Crippen molar-refractivity contribution in [1.82, 2.24) is 25.0 Å². The van der Waals surface area contributed by atoms with E-state index >= 15 is 0 Å². The van der Waals surface area contributed by atoms with Crippen molar-refractivity contribution in [2.24, 2.45) is 0 Å². The fourth-order valence-electron chi connectivity index (χ4n) is 3.84. The monoisotopic (exact) mass is 637 g/mol. The van der Waals surface area contributed by atoms with Crippen LogP contribution < -0.4 is 16.3 Å². The summed E-state index contributed by atoms with van der Waals surface area (Å²) in [7, 11) is 0. The Hall–Kier alpha value is -4.05. The molecule has 0 saturated carbocycles. The summed E-state index contributed by atoms with van der Waals surface area (Å²) >= 11 is 5.86. The van der Waals surface area contributed by atoms with Crippen molar-refractivity contribution in [2.75, 3.05) is 19.7 Å². The maximum absolute atomic E-state index is 13.3. The first-order valence-corrected chi connectivity index (χ1v) is 13.0. The number of carbonyl (C=O) groups excluding carboxylic acids is 2. The average molecular weight is 638 g/mol. The second kappa shape index (κ2) is 13.9. The van der Waals surface area contributed by atoms with Crippen molar-refractivity contribution in [1.29, 1.82) is 0 Å². The van der Waals surface area contributed by atoms with Crippen molar-refractivity contribution >= 4 is 23.6 Å². The topological polar surface area (TPSA) is 127 Å². The number of alkyl carbamates (subject to hydrolysis) is 1. The molecule has 0 aliphatic heterocycles. The zero-order valence-electron chi connectivity index (χ0n) is 22.4. The average Bonchev–Trinajstić information content (AvgIpc) is 3.22. The number of rotatable bonds is 11. The molecule has 1 unspecified atom stereocenters. The zero-order valence-corrected chi connectivity index (χ0v) is 23.1. The van der Waals surface area contributed by atoms with Gasteiger partial charge in [0.15, 0.2) is 11.9 Å². The molecule has 3 N–H and O–H groups in total. The number of alkyl halides is 6. The maximum atomic E-state index is 13.3. The molecular weight excluding hydrogens is 612 g/mol. The molecule has 0 fully saturated rings. The van der Waals surface area contributed by atoms with Crippen LogP contribution in [0.25, 0.3) is 11.4 Å². The number of aliphatic hydroxyl groups is 1. The van der Waals surface area contributed by atoms with Crippen LogP contribution in [0.15, 0.2) is 53.3 Å². The van der Waals surface area contributed by atoms with Crippen LogP contribution in [0.3, 0.4) is 0 Å². The predicted molar refractivity (Wildman–Crippen MR) is 141 cm³/mol. The summed E-state index contributed by atoms with van der Waals surface area (Å²) in [5.74, 6) is -2.11. The molecule has 3 aromatic rings. The van der Waals surface area contributed by atoms with Gasteiger partial charge in [0.25, 0.3) is 0 Å². The summed E-state index contributed by atoms with van der Waals surface area (Å²) in [6.45, 7) is -0.915. The third kappa shape index (κ3) is 9.22. The van der Waals surface area contributed by atoms with Gasteiger partial charge in [0.1, 0.15) is 13.2 Å². The molecular formula is C26H26ClF6N5O5. The smallest absolute Gasteiger partial charge is 0.416 e. The lowest BCUT2D eigenvalue weighted by atomic mass is 9.97. The van der Waals surface area contributed by atoms with Gasteiger partial charge in [-0.1, -0.05) is 29.8 Å². The van der Waals surface area contributed by atoms with Gasteiger partial charge in [-0.15, -0.1) is 5.10 Å². The van der Waals surface area contributed by atoms with Gasteiger partial charge in [0, 0.05) is 29.6 Å². The van der Waals surface area contributed by atoms with Gasteiger partial charge in [0.2, 0.25) is 5.91 Å². The van der Waals surface area contributed by atoms with E-state index in [1.807, 2.05) is 0 Å². The SMILES string of the molecule is CCNC(=O)OCC(CNC(=O)Cn1nc(-c2ccc(Cl)cc2)n(C[C@H](O)C(F)(F)F)c1=O)c1cccc(C(F)(F)F)c1. The van der Waals surface area contributed by atoms with Gasteiger partial charge < -0.3 is 20.5 Å². The Balaban J connectivity index is 1.84. The Morgan fingerprint density at radius 2 is 1.74 bits per heavy atom. The van der Waals surface area contributed by atoms with Crippen LogP contribution in [0.5, 0.6) is 0 Å². The number of aliphatic hydroxyl groups excluding tert-OH is 1. The highest BCUT2D eigenvalue weighted by molar-refractivity contribution is 6.30. The summed E-state index contributed by atoms with van der Waals surface area (Å²) in [5.41, 5.74) is -1.85. The molecule has 0 saturated heterocycles. The lowest BCUT2D eigenvalue weighted by Gasteiger charge is -2.19. The van der Waals surface area contributed by atoms with E-state index in [4.69, 9.17) is 16.3 Å². The quantitative estimate of drug-likeness (QED) is 0.273. The zero-order chi connectivity index (χ0) is 31.9. The van der Waals surface area contributed by atoms with Crippen LogP contribution in [0.4, 0.5) is 31.1 Å². The van der Waals surface area contributed by atoms with Crippen LogP contribution >= 0.6 is 11.6 Å². The molecule has 1 heterocycles. The highest BCUT2D eigenvalue weighted by Crippen LogP contribution is 2.31. The van der Waals surface area contributed by atoms with Crippen LogP contribution in [0.2, 0.25) is 5.02 Å². The van der Waals surface area contributed by atoms with Gasteiger partial charge in [-0.2, -0.15) is 26.3 Å². The minimum Gasteiger partial charge on any atom is -0.449 e. The standard InChI is InChI=1S/C26H26ClF6N5O5/c1-2-34-23(41)43-14-17(16-4-3-5-18(10-16)25(28,29)30)11-35-21(40)13-38-24(42)37(12-20(39)26(31,32)33)22(36-38)15-6-8-19(27)9-7-15/h3-10,17,20,39H,2,11-14H2,1H3,(H,34,41)(H,35,40)/t17?,20-/m0/s1. The minimum atomic E-state index is -5.05. The number of nitrogens with one attached hydrogen (secondary N) is 2. The summed E-state index contributed by atoms with van der Waals surface area (Å²) in [5, 5.41) is 18.6. The first kappa shape index (κ1) is 33.5. The molecule has 43 heavy (non-hydrogen) atoms. The summed E-state index contributed by atoms with van der Waals surface area (Å²) in [6, 6.07) is 9.74. The number of ether oxygens (including phenoxy) is 1. The van der Waals surface area contributed by atoms with Gasteiger partial charge >= 0.3 is 24.1 Å². The van der Waals surface area contributed by atoms with E-state index in [0.717, 1.165) is 18.2 Å². The number of amides is 2. The molecule has 234 valence electrons. The normalized spacial score (nSPS) is 13.3. The van der Waals surface area contributed by atoms with E-state index in [9.17, 15) is 45.8 Å². The van der Waals surface area contributed by atoms with Crippen molar-refractivity contribution in [3.8, 4) is 11.4 Å². The minimum absolute atomic E-state index is 0.0898. The number of halogens is 7. The Morgan fingerprint density at radius 1 is 1.07 bits per heavy atom. The number of hydrogen-bond acceptors (Lipinski definition) is 6. The number of hydrogen-bond donors (Lipinski definition) is 3. The third-order valence-corrected chi connectivity index (χ3v) is 6.27. The maximum Gasteiger partial charge on any atom is 0.416 e. The third-order valence-electron chi connectivity index (χ3n) is 6.02. The Morgan fingerprint density at radius 3 is 2.35 bits per heavy atom. The fraction of sp³-hybridized carbons (Fsp3) is 0.385. The molecule has 17 heteroatoms. The van der Waals surface area contributed by atoms with E-state index in [-0.39, 0.29) is 30.0 Å². The Kier molecular flexibility index (Phi) is 10.9. The molecule has 3 rings (SSSR count). The molecule has 0 aliphatic carbocycles. The Labute approximate surface area is 245 Å². The first-order valence-electron chi connectivity index (χ1n) is 12.6. The summed E-state index contributed by atoms with van der Waals surface area (Å²) < 4.78 is 85.2. The van der Waals surface area contributed by atoms with E-state index in [2.05, 4.69) is 15.7 Å². The molecule has 0 radical (unpaired) electrons. The number of benzene rings is 2. The lowest BCUT2D eigenvalue weighted by molar-refractivity contribution is -0.207. The van der Waals surface area contributed by atoms with Crippen LogP contribution in [0.1, 0.15) is 24.0 Å². The first-order chi connectivity index (χ1) is 20.1. The van der Waals surface area contributed by atoms with Crippen LogP contribution in [-0.4, -0.2) is 63.4 Å². The van der Waals surface area contributed by atoms with E-state index in [1.165, 1.54) is 30.3 Å². The highest BCUT2D eigenvalue weighted by Gasteiger charge is 2.39. The van der Waals surface area contributed by atoms with Crippen molar-refractivity contribution in [3.05, 3.63) is 75.2 Å². The number of nitrogens with zero attached hydrogens (tertiary/aromatic N) is 3. The van der Waals surface area contributed by atoms with Gasteiger partial charge in [-0.3, -0.25) is 9.36 Å². The predicted octanol–water partition coefficient (Wildman–Crippen LogP) is 3.95. The molecule has 0 spiro atoms. The summed E-state index contributed by atoms with van der Waals surface area (Å²) in [4.78, 5) is 37.5. The van der Waals surface area contributed by atoms with Crippen molar-refractivity contribution < 1.29 is 45.8 Å². The molecule has 10 nitrogen and oxygen atoms in total. The van der Waals surface area contributed by atoms with Crippen molar-refractivity contribution in [2.45, 2.75) is 44.4 Å². The van der Waals surface area contributed by atoms with E-state index in [0.29, 0.717) is 14.3 Å². The van der Waals surface area contributed by atoms with Gasteiger partial charge in [-0.05, 0) is 42.8 Å². The van der Waals surface area contributed by atoms with Crippen LogP contribution in [-0.2, 0) is 28.8 Å². The molecule has 1 aromatic heterocycles. The largest absolute Gasteiger partial charge is 0.449 e. The van der Waals surface area contributed by atoms with Crippen LogP contribution in [0, 0.1) is 0 Å². The lowest BCUT2D eigenvalue weighted by Crippen LogP contribution is -2.39. The molecule has 2 atom stereocenters.